The van der Waals surface area contributed by atoms with Crippen LogP contribution in [0.1, 0.15) is 5.69 Å². The van der Waals surface area contributed by atoms with E-state index in [0.29, 0.717) is 5.69 Å². The van der Waals surface area contributed by atoms with E-state index in [-0.39, 0.29) is 11.3 Å². The monoisotopic (exact) mass is 313 g/mol. The zero-order valence-corrected chi connectivity index (χ0v) is 12.1. The number of rotatable bonds is 2. The Morgan fingerprint density at radius 3 is 2.39 bits per heavy atom. The Bertz CT molecular complexity index is 837. The fourth-order valence-electron chi connectivity index (χ4n) is 2.25. The molecule has 0 saturated carbocycles. The van der Waals surface area contributed by atoms with Crippen molar-refractivity contribution in [1.82, 2.24) is 9.88 Å². The largest absolute Gasteiger partial charge is 0.351 e. The van der Waals surface area contributed by atoms with E-state index >= 15 is 0 Å². The summed E-state index contributed by atoms with van der Waals surface area (Å²) in [5.74, 6) is -2.01. The average molecular weight is 313 g/mol. The molecule has 0 spiro atoms. The molecular formula is C16H12FN3O3. The second-order valence-electron chi connectivity index (χ2n) is 4.98. The molecule has 23 heavy (non-hydrogen) atoms. The molecule has 3 rings (SSSR count). The van der Waals surface area contributed by atoms with Gasteiger partial charge in [-0.2, -0.15) is 0 Å². The molecule has 1 saturated heterocycles. The Balaban J connectivity index is 2.02. The van der Waals surface area contributed by atoms with Crippen molar-refractivity contribution in [3.63, 3.8) is 0 Å². The number of hydrogen-bond donors (Lipinski definition) is 1. The van der Waals surface area contributed by atoms with E-state index in [1.807, 2.05) is 0 Å². The fraction of sp³-hybridized carbons (Fsp3) is 0.0625. The molecule has 0 atom stereocenters. The summed E-state index contributed by atoms with van der Waals surface area (Å²) in [4.78, 5) is 37.3. The molecule has 116 valence electrons. The van der Waals surface area contributed by atoms with Crippen molar-refractivity contribution in [3.05, 3.63) is 59.7 Å². The van der Waals surface area contributed by atoms with E-state index in [1.165, 1.54) is 18.2 Å². The summed E-state index contributed by atoms with van der Waals surface area (Å²) >= 11 is 0. The first kappa shape index (κ1) is 14.7. The molecule has 1 fully saturated rings. The summed E-state index contributed by atoms with van der Waals surface area (Å²) < 4.78 is 14.7. The standard InChI is InChI=1S/C16H12FN3O3/c1-19-8-2-3-12(19)9-13-14(21)18-16(23)20(15(13)22)11-6-4-10(17)5-7-11/h2-9H,1H3,(H,18,21,23)/b13-9+. The summed E-state index contributed by atoms with van der Waals surface area (Å²) in [5.41, 5.74) is 0.645. The van der Waals surface area contributed by atoms with Crippen molar-refractivity contribution >= 4 is 29.6 Å². The van der Waals surface area contributed by atoms with Gasteiger partial charge in [0.25, 0.3) is 11.8 Å². The number of hydrogen-bond acceptors (Lipinski definition) is 3. The lowest BCUT2D eigenvalue weighted by molar-refractivity contribution is -0.122. The fourth-order valence-corrected chi connectivity index (χ4v) is 2.25. The smallest absolute Gasteiger partial charge is 0.335 e. The first-order chi connectivity index (χ1) is 11.0. The number of urea groups is 1. The van der Waals surface area contributed by atoms with E-state index in [0.717, 1.165) is 17.0 Å². The number of carbonyl (C=O) groups is 3. The van der Waals surface area contributed by atoms with Gasteiger partial charge in [-0.25, -0.2) is 14.1 Å². The van der Waals surface area contributed by atoms with E-state index in [2.05, 4.69) is 5.32 Å². The first-order valence-electron chi connectivity index (χ1n) is 6.76. The maximum Gasteiger partial charge on any atom is 0.335 e. The Morgan fingerprint density at radius 2 is 1.78 bits per heavy atom. The Labute approximate surface area is 130 Å². The molecule has 0 unspecified atom stereocenters. The third kappa shape index (κ3) is 2.64. The molecule has 6 nitrogen and oxygen atoms in total. The summed E-state index contributed by atoms with van der Waals surface area (Å²) in [6.45, 7) is 0. The first-order valence-corrected chi connectivity index (χ1v) is 6.76. The van der Waals surface area contributed by atoms with Crippen molar-refractivity contribution < 1.29 is 18.8 Å². The number of amides is 4. The summed E-state index contributed by atoms with van der Waals surface area (Å²) in [6.07, 6.45) is 3.17. The molecule has 2 aromatic rings. The number of nitrogens with zero attached hydrogens (tertiary/aromatic N) is 2. The maximum absolute atomic E-state index is 13.0. The van der Waals surface area contributed by atoms with Crippen LogP contribution in [0.2, 0.25) is 0 Å². The van der Waals surface area contributed by atoms with Gasteiger partial charge < -0.3 is 4.57 Å². The van der Waals surface area contributed by atoms with Crippen LogP contribution in [-0.4, -0.2) is 22.4 Å². The molecule has 1 aromatic heterocycles. The number of barbiturate groups is 1. The van der Waals surface area contributed by atoms with Crippen molar-refractivity contribution in [2.75, 3.05) is 4.90 Å². The van der Waals surface area contributed by atoms with Gasteiger partial charge in [-0.3, -0.25) is 14.9 Å². The number of anilines is 1. The summed E-state index contributed by atoms with van der Waals surface area (Å²) in [7, 11) is 1.76. The normalized spacial score (nSPS) is 16.9. The second kappa shape index (κ2) is 5.53. The Hall–Kier alpha value is -3.22. The van der Waals surface area contributed by atoms with Crippen LogP contribution in [0.15, 0.2) is 48.2 Å². The Kier molecular flexibility index (Phi) is 3.53. The minimum Gasteiger partial charge on any atom is -0.351 e. The predicted molar refractivity (Wildman–Crippen MR) is 80.8 cm³/mol. The third-order valence-corrected chi connectivity index (χ3v) is 3.46. The lowest BCUT2D eigenvalue weighted by atomic mass is 10.1. The molecule has 2 heterocycles. The van der Waals surface area contributed by atoms with Gasteiger partial charge in [-0.05, 0) is 42.5 Å². The van der Waals surface area contributed by atoms with Crippen molar-refractivity contribution in [2.45, 2.75) is 0 Å². The van der Waals surface area contributed by atoms with Crippen LogP contribution in [0.4, 0.5) is 14.9 Å². The molecule has 7 heteroatoms. The van der Waals surface area contributed by atoms with Gasteiger partial charge in [0.1, 0.15) is 11.4 Å². The highest BCUT2D eigenvalue weighted by Gasteiger charge is 2.36. The third-order valence-electron chi connectivity index (χ3n) is 3.46. The van der Waals surface area contributed by atoms with Gasteiger partial charge in [0.2, 0.25) is 0 Å². The number of benzene rings is 1. The number of carbonyl (C=O) groups excluding carboxylic acids is 3. The SMILES string of the molecule is Cn1cccc1/C=C1\C(=O)NC(=O)N(c2ccc(F)cc2)C1=O. The number of nitrogens with one attached hydrogen (secondary N) is 1. The van der Waals surface area contributed by atoms with Crippen molar-refractivity contribution in [2.24, 2.45) is 7.05 Å². The lowest BCUT2D eigenvalue weighted by Gasteiger charge is -2.26. The number of halogens is 1. The zero-order chi connectivity index (χ0) is 16.6. The number of aromatic nitrogens is 1. The van der Waals surface area contributed by atoms with Crippen LogP contribution in [0, 0.1) is 5.82 Å². The van der Waals surface area contributed by atoms with Crippen LogP contribution < -0.4 is 10.2 Å². The second-order valence-corrected chi connectivity index (χ2v) is 4.98. The van der Waals surface area contributed by atoms with Gasteiger partial charge in [0.05, 0.1) is 5.69 Å². The molecule has 0 bridgehead atoms. The van der Waals surface area contributed by atoms with Gasteiger partial charge >= 0.3 is 6.03 Å². The number of imide groups is 2. The van der Waals surface area contributed by atoms with Crippen LogP contribution in [0.25, 0.3) is 6.08 Å². The highest BCUT2D eigenvalue weighted by molar-refractivity contribution is 6.39. The highest BCUT2D eigenvalue weighted by atomic mass is 19.1. The minimum absolute atomic E-state index is 0.171. The molecule has 4 amide bonds. The van der Waals surface area contributed by atoms with Crippen molar-refractivity contribution in [3.8, 4) is 0 Å². The van der Waals surface area contributed by atoms with Gasteiger partial charge in [-0.15, -0.1) is 0 Å². The van der Waals surface area contributed by atoms with Crippen LogP contribution >= 0.6 is 0 Å². The molecule has 1 N–H and O–H groups in total. The molecule has 1 aliphatic rings. The average Bonchev–Trinajstić information content (AvgIpc) is 2.90. The molecule has 1 aromatic carbocycles. The zero-order valence-electron chi connectivity index (χ0n) is 12.1. The molecule has 0 radical (unpaired) electrons. The lowest BCUT2D eigenvalue weighted by Crippen LogP contribution is -2.54. The van der Waals surface area contributed by atoms with Gasteiger partial charge in [0.15, 0.2) is 0 Å². The highest BCUT2D eigenvalue weighted by Crippen LogP contribution is 2.22. The molecule has 1 aliphatic heterocycles. The van der Waals surface area contributed by atoms with Crippen molar-refractivity contribution in [1.29, 1.82) is 0 Å². The van der Waals surface area contributed by atoms with E-state index in [1.54, 1.807) is 29.9 Å². The van der Waals surface area contributed by atoms with Crippen LogP contribution in [0.5, 0.6) is 0 Å². The topological polar surface area (TPSA) is 71.4 Å². The van der Waals surface area contributed by atoms with Gasteiger partial charge in [0, 0.05) is 18.9 Å². The molecular weight excluding hydrogens is 301 g/mol. The quantitative estimate of drug-likeness (QED) is 0.679. The van der Waals surface area contributed by atoms with Gasteiger partial charge in [-0.1, -0.05) is 0 Å². The maximum atomic E-state index is 13.0. The predicted octanol–water partition coefficient (Wildman–Crippen LogP) is 1.83. The summed E-state index contributed by atoms with van der Waals surface area (Å²) in [5, 5.41) is 2.11. The van der Waals surface area contributed by atoms with E-state index in [4.69, 9.17) is 0 Å². The molecule has 0 aliphatic carbocycles. The minimum atomic E-state index is -0.865. The van der Waals surface area contributed by atoms with Crippen LogP contribution in [0.3, 0.4) is 0 Å². The number of aryl methyl sites for hydroxylation is 1. The van der Waals surface area contributed by atoms with E-state index < -0.39 is 23.7 Å². The Morgan fingerprint density at radius 1 is 1.09 bits per heavy atom. The summed E-state index contributed by atoms with van der Waals surface area (Å²) in [6, 6.07) is 7.48. The van der Waals surface area contributed by atoms with Crippen LogP contribution in [-0.2, 0) is 16.6 Å². The van der Waals surface area contributed by atoms with E-state index in [9.17, 15) is 18.8 Å².